The number of carbonyl (C=O) groups is 1. The molecule has 1 saturated heterocycles. The van der Waals surface area contributed by atoms with Gasteiger partial charge >= 0.3 is 0 Å². The van der Waals surface area contributed by atoms with Gasteiger partial charge in [0, 0.05) is 28.7 Å². The minimum Gasteiger partial charge on any atom is -0.508 e. The number of aryl methyl sites for hydroxylation is 2. The van der Waals surface area contributed by atoms with Crippen molar-refractivity contribution >= 4 is 27.2 Å². The molecule has 1 atom stereocenters. The van der Waals surface area contributed by atoms with E-state index in [1.165, 1.54) is 30.7 Å². The van der Waals surface area contributed by atoms with Crippen molar-refractivity contribution in [3.8, 4) is 23.0 Å². The molecule has 0 aliphatic carbocycles. The van der Waals surface area contributed by atoms with E-state index < -0.39 is 0 Å². The van der Waals surface area contributed by atoms with E-state index in [2.05, 4.69) is 11.8 Å². The number of ketones is 1. The molecule has 1 N–H and O–H groups in total. The van der Waals surface area contributed by atoms with Crippen molar-refractivity contribution in [3.63, 3.8) is 0 Å². The Morgan fingerprint density at radius 2 is 1.78 bits per heavy atom. The number of phenols is 1. The lowest BCUT2D eigenvalue weighted by molar-refractivity contribution is 0.103. The molecule has 6 heteroatoms. The van der Waals surface area contributed by atoms with Crippen LogP contribution < -0.4 is 9.47 Å². The highest BCUT2D eigenvalue weighted by atomic mass is 32.1. The van der Waals surface area contributed by atoms with E-state index in [4.69, 9.17) is 9.47 Å². The Labute approximate surface area is 222 Å². The summed E-state index contributed by atoms with van der Waals surface area (Å²) in [6, 6.07) is 18.5. The van der Waals surface area contributed by atoms with Crippen LogP contribution in [0.3, 0.4) is 0 Å². The highest BCUT2D eigenvalue weighted by molar-refractivity contribution is 7.21. The van der Waals surface area contributed by atoms with E-state index in [0.29, 0.717) is 28.5 Å². The average molecular weight is 516 g/mol. The van der Waals surface area contributed by atoms with Crippen LogP contribution in [0.5, 0.6) is 23.0 Å². The van der Waals surface area contributed by atoms with Gasteiger partial charge in [-0.05, 0) is 86.3 Å². The Balaban J connectivity index is 1.35. The van der Waals surface area contributed by atoms with E-state index in [9.17, 15) is 9.90 Å². The third-order valence-corrected chi connectivity index (χ3v) is 8.34. The van der Waals surface area contributed by atoms with Crippen LogP contribution in [0.15, 0.2) is 60.7 Å². The number of thiophene rings is 1. The normalized spacial score (nSPS) is 15.8. The van der Waals surface area contributed by atoms with Crippen LogP contribution in [0, 0.1) is 19.8 Å². The quantitative estimate of drug-likeness (QED) is 0.236. The zero-order valence-electron chi connectivity index (χ0n) is 21.6. The second-order valence-corrected chi connectivity index (χ2v) is 10.9. The van der Waals surface area contributed by atoms with Crippen LogP contribution in [0.1, 0.15) is 46.1 Å². The number of benzene rings is 3. The molecule has 0 saturated carbocycles. The van der Waals surface area contributed by atoms with Gasteiger partial charge in [0.05, 0.1) is 0 Å². The fourth-order valence-electron chi connectivity index (χ4n) is 5.06. The van der Waals surface area contributed by atoms with Crippen molar-refractivity contribution in [3.05, 3.63) is 82.2 Å². The maximum absolute atomic E-state index is 13.7. The largest absolute Gasteiger partial charge is 0.508 e. The zero-order chi connectivity index (χ0) is 25.9. The van der Waals surface area contributed by atoms with Crippen LogP contribution in [-0.4, -0.2) is 42.0 Å². The zero-order valence-corrected chi connectivity index (χ0v) is 22.4. The number of phenolic OH excluding ortho intramolecular Hbond substituents is 1. The van der Waals surface area contributed by atoms with E-state index in [1.54, 1.807) is 18.2 Å². The molecule has 4 aromatic rings. The third kappa shape index (κ3) is 5.50. The second-order valence-electron chi connectivity index (χ2n) is 9.82. The number of nitrogens with zero attached hydrogens (tertiary/aromatic N) is 1. The molecule has 5 rings (SSSR count). The fourth-order valence-corrected chi connectivity index (χ4v) is 6.17. The van der Waals surface area contributed by atoms with E-state index in [0.717, 1.165) is 46.0 Å². The monoisotopic (exact) mass is 515 g/mol. The average Bonchev–Trinajstić information content (AvgIpc) is 3.49. The summed E-state index contributed by atoms with van der Waals surface area (Å²) in [6.07, 6.45) is 2.53. The van der Waals surface area contributed by atoms with E-state index >= 15 is 0 Å². The summed E-state index contributed by atoms with van der Waals surface area (Å²) in [7, 11) is 0. The van der Waals surface area contributed by atoms with Gasteiger partial charge in [-0.15, -0.1) is 11.3 Å². The fraction of sp³-hybridized carbons (Fsp3) is 0.323. The summed E-state index contributed by atoms with van der Waals surface area (Å²) in [5.41, 5.74) is 2.55. The Morgan fingerprint density at radius 3 is 2.49 bits per heavy atom. The van der Waals surface area contributed by atoms with Gasteiger partial charge in [-0.3, -0.25) is 9.69 Å². The Morgan fingerprint density at radius 1 is 1.05 bits per heavy atom. The summed E-state index contributed by atoms with van der Waals surface area (Å²) in [5, 5.41) is 10.8. The highest BCUT2D eigenvalue weighted by Gasteiger charge is 2.24. The van der Waals surface area contributed by atoms with Crippen LogP contribution in [-0.2, 0) is 0 Å². The molecule has 0 bridgehead atoms. The molecule has 0 amide bonds. The Kier molecular flexibility index (Phi) is 7.49. The van der Waals surface area contributed by atoms with Gasteiger partial charge < -0.3 is 14.6 Å². The number of rotatable bonds is 9. The first kappa shape index (κ1) is 25.3. The molecule has 3 aromatic carbocycles. The van der Waals surface area contributed by atoms with Crippen molar-refractivity contribution in [1.29, 1.82) is 0 Å². The summed E-state index contributed by atoms with van der Waals surface area (Å²) < 4.78 is 13.1. The van der Waals surface area contributed by atoms with Crippen molar-refractivity contribution in [2.24, 2.45) is 5.92 Å². The summed E-state index contributed by atoms with van der Waals surface area (Å²) >= 11 is 1.34. The van der Waals surface area contributed by atoms with Crippen molar-refractivity contribution < 1.29 is 19.4 Å². The van der Waals surface area contributed by atoms with E-state index in [-0.39, 0.29) is 11.5 Å². The van der Waals surface area contributed by atoms with Gasteiger partial charge in [-0.1, -0.05) is 31.5 Å². The number of carbonyl (C=O) groups excluding carboxylic acids is 1. The van der Waals surface area contributed by atoms with Crippen molar-refractivity contribution in [1.82, 2.24) is 4.90 Å². The third-order valence-electron chi connectivity index (χ3n) is 7.21. The summed E-state index contributed by atoms with van der Waals surface area (Å²) in [6.45, 7) is 10.1. The molecular formula is C31H33NO4S. The smallest absolute Gasteiger partial charge is 0.207 e. The number of hydrogen-bond acceptors (Lipinski definition) is 6. The molecule has 1 aromatic heterocycles. The van der Waals surface area contributed by atoms with Gasteiger partial charge in [-0.25, -0.2) is 0 Å². The standard InChI is InChI=1S/C31H33NO4S/c1-4-22-14-15-32(19-22)16-17-35-24-9-11-25(12-10-24)36-30-26-13-8-23(33)18-27(26)37-31(30)29(34)28-20(2)6-5-7-21(28)3/h5-13,18,22,33H,4,14-17,19H2,1-3H3/t22-/m1/s1. The van der Waals surface area contributed by atoms with Crippen LogP contribution in [0.2, 0.25) is 0 Å². The van der Waals surface area contributed by atoms with Gasteiger partial charge in [0.2, 0.25) is 5.78 Å². The summed E-state index contributed by atoms with van der Waals surface area (Å²) in [4.78, 5) is 16.7. The maximum Gasteiger partial charge on any atom is 0.207 e. The highest BCUT2D eigenvalue weighted by Crippen LogP contribution is 2.43. The molecular weight excluding hydrogens is 482 g/mol. The lowest BCUT2D eigenvalue weighted by atomic mass is 9.98. The van der Waals surface area contributed by atoms with Gasteiger partial charge in [0.25, 0.3) is 0 Å². The van der Waals surface area contributed by atoms with Crippen LogP contribution in [0.25, 0.3) is 10.1 Å². The molecule has 5 nitrogen and oxygen atoms in total. The van der Waals surface area contributed by atoms with Crippen molar-refractivity contribution in [2.45, 2.75) is 33.6 Å². The topological polar surface area (TPSA) is 59.0 Å². The first-order chi connectivity index (χ1) is 17.9. The SMILES string of the molecule is CC[C@@H]1CCN(CCOc2ccc(Oc3c(C(=O)c4c(C)cccc4C)sc4cc(O)ccc34)cc2)C1. The maximum atomic E-state index is 13.7. The van der Waals surface area contributed by atoms with E-state index in [1.807, 2.05) is 56.3 Å². The molecule has 37 heavy (non-hydrogen) atoms. The molecule has 2 heterocycles. The van der Waals surface area contributed by atoms with Gasteiger partial charge in [-0.2, -0.15) is 0 Å². The Hall–Kier alpha value is -3.35. The molecule has 0 spiro atoms. The minimum absolute atomic E-state index is 0.0709. The molecule has 0 radical (unpaired) electrons. The van der Waals surface area contributed by atoms with Gasteiger partial charge in [0.15, 0.2) is 5.75 Å². The molecule has 1 fully saturated rings. The van der Waals surface area contributed by atoms with Crippen molar-refractivity contribution in [2.75, 3.05) is 26.2 Å². The lowest BCUT2D eigenvalue weighted by Gasteiger charge is -2.16. The Bertz CT molecular complexity index is 1390. The molecule has 0 unspecified atom stereocenters. The predicted octanol–water partition coefficient (Wildman–Crippen LogP) is 7.36. The first-order valence-electron chi connectivity index (χ1n) is 12.9. The molecule has 1 aliphatic rings. The number of ether oxygens (including phenoxy) is 2. The lowest BCUT2D eigenvalue weighted by Crippen LogP contribution is -2.26. The molecule has 1 aliphatic heterocycles. The second kappa shape index (κ2) is 11.0. The number of fused-ring (bicyclic) bond motifs is 1. The summed E-state index contributed by atoms with van der Waals surface area (Å²) in [5.74, 6) is 2.85. The van der Waals surface area contributed by atoms with Crippen LogP contribution >= 0.6 is 11.3 Å². The number of likely N-dealkylation sites (tertiary alicyclic amines) is 1. The van der Waals surface area contributed by atoms with Crippen LogP contribution in [0.4, 0.5) is 0 Å². The first-order valence-corrected chi connectivity index (χ1v) is 13.7. The van der Waals surface area contributed by atoms with Gasteiger partial charge in [0.1, 0.15) is 28.7 Å². The molecule has 192 valence electrons. The minimum atomic E-state index is -0.0709. The number of hydrogen-bond donors (Lipinski definition) is 1. The number of aromatic hydroxyl groups is 1. The predicted molar refractivity (Wildman–Crippen MR) is 150 cm³/mol.